The Hall–Kier alpha value is -2.78. The van der Waals surface area contributed by atoms with E-state index in [0.29, 0.717) is 10.8 Å². The Morgan fingerprint density at radius 2 is 1.89 bits per heavy atom. The number of thiazole rings is 1. The fourth-order valence-electron chi connectivity index (χ4n) is 2.23. The van der Waals surface area contributed by atoms with Gasteiger partial charge in [0.2, 0.25) is 0 Å². The second-order valence-electron chi connectivity index (χ2n) is 5.22. The van der Waals surface area contributed by atoms with Gasteiger partial charge in [0, 0.05) is 16.6 Å². The zero-order valence-electron chi connectivity index (χ0n) is 13.4. The largest absolute Gasteiger partial charge is 0.455 e. The van der Waals surface area contributed by atoms with Crippen molar-refractivity contribution in [3.05, 3.63) is 64.6 Å². The molecule has 2 amide bonds. The molecule has 1 heterocycles. The maximum absolute atomic E-state index is 13.2. The van der Waals surface area contributed by atoms with Gasteiger partial charge < -0.3 is 10.5 Å². The molecule has 0 saturated carbocycles. The number of urea groups is 1. The summed E-state index contributed by atoms with van der Waals surface area (Å²) in [6.07, 6.45) is -3.21. The van der Waals surface area contributed by atoms with Crippen LogP contribution in [0, 0.1) is 0 Å². The normalized spacial score (nSPS) is 11.3. The number of carbonyl (C=O) groups excluding carboxylic acids is 1. The highest BCUT2D eigenvalue weighted by Crippen LogP contribution is 2.41. The van der Waals surface area contributed by atoms with Crippen molar-refractivity contribution in [2.24, 2.45) is 5.73 Å². The predicted octanol–water partition coefficient (Wildman–Crippen LogP) is 5.82. The zero-order valence-corrected chi connectivity index (χ0v) is 15.0. The van der Waals surface area contributed by atoms with Crippen LogP contribution in [0.3, 0.4) is 0 Å². The lowest BCUT2D eigenvalue weighted by Gasteiger charge is -2.22. The lowest BCUT2D eigenvalue weighted by Crippen LogP contribution is -2.31. The molecule has 0 fully saturated rings. The molecule has 140 valence electrons. The van der Waals surface area contributed by atoms with Gasteiger partial charge in [-0.25, -0.2) is 14.7 Å². The molecule has 0 aliphatic carbocycles. The number of primary amides is 1. The molecular formula is C17H11ClF3N3O2S. The molecule has 0 aliphatic heterocycles. The van der Waals surface area contributed by atoms with Crippen LogP contribution in [0.4, 0.5) is 28.8 Å². The Bertz CT molecular complexity index is 947. The van der Waals surface area contributed by atoms with Gasteiger partial charge in [0.15, 0.2) is 10.9 Å². The van der Waals surface area contributed by atoms with E-state index in [2.05, 4.69) is 4.98 Å². The van der Waals surface area contributed by atoms with E-state index in [-0.39, 0.29) is 16.6 Å². The molecule has 0 saturated heterocycles. The highest BCUT2D eigenvalue weighted by atomic mass is 35.5. The van der Waals surface area contributed by atoms with Crippen LogP contribution in [0.25, 0.3) is 0 Å². The number of amides is 2. The van der Waals surface area contributed by atoms with Crippen molar-refractivity contribution < 1.29 is 22.7 Å². The van der Waals surface area contributed by atoms with E-state index in [0.717, 1.165) is 34.4 Å². The average molecular weight is 414 g/mol. The number of halogens is 4. The second kappa shape index (κ2) is 7.45. The maximum Gasteiger partial charge on any atom is 0.416 e. The third-order valence-electron chi connectivity index (χ3n) is 3.40. The van der Waals surface area contributed by atoms with Crippen LogP contribution in [-0.2, 0) is 6.18 Å². The number of nitrogens with two attached hydrogens (primary N) is 1. The Balaban J connectivity index is 2.12. The summed E-state index contributed by atoms with van der Waals surface area (Å²) in [7, 11) is 0. The number of alkyl halides is 3. The van der Waals surface area contributed by atoms with Crippen molar-refractivity contribution >= 4 is 39.8 Å². The summed E-state index contributed by atoms with van der Waals surface area (Å²) in [5.41, 5.74) is 4.27. The third kappa shape index (κ3) is 4.32. The number of aromatic nitrogens is 1. The Morgan fingerprint density at radius 1 is 1.19 bits per heavy atom. The molecule has 3 rings (SSSR count). The van der Waals surface area contributed by atoms with Crippen LogP contribution in [0.2, 0.25) is 5.02 Å². The summed E-state index contributed by atoms with van der Waals surface area (Å²) in [6, 6.07) is 7.98. The molecule has 0 spiro atoms. The van der Waals surface area contributed by atoms with Crippen molar-refractivity contribution in [3.63, 3.8) is 0 Å². The van der Waals surface area contributed by atoms with Crippen LogP contribution in [0.15, 0.2) is 54.0 Å². The minimum absolute atomic E-state index is 0.000627. The number of ether oxygens (including phenoxy) is 1. The van der Waals surface area contributed by atoms with Crippen LogP contribution in [-0.4, -0.2) is 11.0 Å². The number of rotatable bonds is 4. The van der Waals surface area contributed by atoms with Crippen molar-refractivity contribution in [3.8, 4) is 11.5 Å². The van der Waals surface area contributed by atoms with E-state index in [1.54, 1.807) is 29.6 Å². The quantitative estimate of drug-likeness (QED) is 0.585. The summed E-state index contributed by atoms with van der Waals surface area (Å²) in [5, 5.41) is 2.15. The van der Waals surface area contributed by atoms with Gasteiger partial charge in [-0.05, 0) is 42.5 Å². The first-order valence-corrected chi connectivity index (χ1v) is 8.65. The van der Waals surface area contributed by atoms with E-state index in [1.165, 1.54) is 6.20 Å². The summed E-state index contributed by atoms with van der Waals surface area (Å²) in [6.45, 7) is 0. The predicted molar refractivity (Wildman–Crippen MR) is 96.8 cm³/mol. The van der Waals surface area contributed by atoms with Crippen molar-refractivity contribution in [1.82, 2.24) is 4.98 Å². The lowest BCUT2D eigenvalue weighted by molar-refractivity contribution is -0.137. The van der Waals surface area contributed by atoms with Crippen molar-refractivity contribution in [2.75, 3.05) is 4.90 Å². The van der Waals surface area contributed by atoms with Gasteiger partial charge in [-0.15, -0.1) is 11.3 Å². The fourth-order valence-corrected chi connectivity index (χ4v) is 3.01. The number of carbonyl (C=O) groups is 1. The Labute approximate surface area is 160 Å². The SMILES string of the molecule is NC(=O)N(c1nccs1)c1cc(C(F)(F)F)ccc1Oc1ccc(Cl)cc1. The van der Waals surface area contributed by atoms with Gasteiger partial charge in [-0.1, -0.05) is 11.6 Å². The van der Waals surface area contributed by atoms with Crippen LogP contribution >= 0.6 is 22.9 Å². The molecule has 0 aliphatic rings. The smallest absolute Gasteiger partial charge is 0.416 e. The van der Waals surface area contributed by atoms with E-state index in [4.69, 9.17) is 22.1 Å². The molecule has 3 aromatic rings. The molecule has 5 nitrogen and oxygen atoms in total. The molecule has 10 heteroatoms. The number of nitrogens with zero attached hydrogens (tertiary/aromatic N) is 2. The molecule has 2 N–H and O–H groups in total. The molecule has 0 unspecified atom stereocenters. The Morgan fingerprint density at radius 3 is 2.44 bits per heavy atom. The van der Waals surface area contributed by atoms with E-state index in [9.17, 15) is 18.0 Å². The van der Waals surface area contributed by atoms with E-state index >= 15 is 0 Å². The summed E-state index contributed by atoms with van der Waals surface area (Å²) >= 11 is 6.86. The van der Waals surface area contributed by atoms with E-state index in [1.807, 2.05) is 0 Å². The third-order valence-corrected chi connectivity index (χ3v) is 4.41. The van der Waals surface area contributed by atoms with Gasteiger partial charge in [0.25, 0.3) is 0 Å². The highest BCUT2D eigenvalue weighted by Gasteiger charge is 2.33. The average Bonchev–Trinajstić information content (AvgIpc) is 3.11. The summed E-state index contributed by atoms with van der Waals surface area (Å²) < 4.78 is 45.2. The van der Waals surface area contributed by atoms with Crippen molar-refractivity contribution in [2.45, 2.75) is 6.18 Å². The van der Waals surface area contributed by atoms with Crippen molar-refractivity contribution in [1.29, 1.82) is 0 Å². The van der Waals surface area contributed by atoms with E-state index < -0.39 is 17.8 Å². The molecule has 0 radical (unpaired) electrons. The molecule has 0 atom stereocenters. The van der Waals surface area contributed by atoms with Crippen LogP contribution in [0.5, 0.6) is 11.5 Å². The fraction of sp³-hybridized carbons (Fsp3) is 0.0588. The Kier molecular flexibility index (Phi) is 5.24. The summed E-state index contributed by atoms with van der Waals surface area (Å²) in [5.74, 6) is 0.322. The number of benzene rings is 2. The molecule has 27 heavy (non-hydrogen) atoms. The molecular weight excluding hydrogens is 403 g/mol. The van der Waals surface area contributed by atoms with Crippen LogP contribution in [0.1, 0.15) is 5.56 Å². The molecule has 0 bridgehead atoms. The first kappa shape index (κ1) is 19.0. The topological polar surface area (TPSA) is 68.5 Å². The minimum Gasteiger partial charge on any atom is -0.455 e. The van der Waals surface area contributed by atoms with Gasteiger partial charge in [0.05, 0.1) is 11.3 Å². The number of hydrogen-bond acceptors (Lipinski definition) is 4. The molecule has 1 aromatic heterocycles. The number of hydrogen-bond donors (Lipinski definition) is 1. The maximum atomic E-state index is 13.2. The zero-order chi connectivity index (χ0) is 19.6. The van der Waals surface area contributed by atoms with Gasteiger partial charge in [0.1, 0.15) is 5.75 Å². The molecule has 2 aromatic carbocycles. The monoisotopic (exact) mass is 413 g/mol. The van der Waals surface area contributed by atoms with Gasteiger partial charge in [-0.3, -0.25) is 0 Å². The van der Waals surface area contributed by atoms with Crippen LogP contribution < -0.4 is 15.4 Å². The standard InChI is InChI=1S/C17H11ClF3N3O2S/c18-11-2-4-12(5-3-11)26-14-6-1-10(17(19,20)21)9-13(14)24(15(22)25)16-23-7-8-27-16/h1-9H,(H2,22,25). The highest BCUT2D eigenvalue weighted by molar-refractivity contribution is 7.13. The van der Waals surface area contributed by atoms with Gasteiger partial charge >= 0.3 is 12.2 Å². The second-order valence-corrected chi connectivity index (χ2v) is 6.53. The first-order chi connectivity index (χ1) is 12.8. The minimum atomic E-state index is -4.61. The number of anilines is 2. The summed E-state index contributed by atoms with van der Waals surface area (Å²) in [4.78, 5) is 16.8. The first-order valence-electron chi connectivity index (χ1n) is 7.39. The lowest BCUT2D eigenvalue weighted by atomic mass is 10.1. The van der Waals surface area contributed by atoms with Gasteiger partial charge in [-0.2, -0.15) is 13.2 Å².